The molecule has 1 unspecified atom stereocenters. The SMILES string of the molecule is CN1C(c2ccccc2)=CC(c2ccc3ccccc3c2-c2ccc(-c3nc4ccccc4c4c5ccccc5n(-c5ccccc5)c34)cc2)=NC1c1ccc(-c2cccc3oc4ccccc4c23)cc1. The Morgan fingerprint density at radius 2 is 1.10 bits per heavy atom. The molecule has 5 nitrogen and oxygen atoms in total. The number of benzene rings is 10. The molecule has 0 radical (unpaired) electrons. The summed E-state index contributed by atoms with van der Waals surface area (Å²) in [5.41, 5.74) is 18.0. The van der Waals surface area contributed by atoms with Gasteiger partial charge in [0.15, 0.2) is 0 Å². The van der Waals surface area contributed by atoms with Crippen LogP contribution in [0.25, 0.3) is 110 Å². The van der Waals surface area contributed by atoms with Crippen LogP contribution in [-0.4, -0.2) is 27.2 Å². The summed E-state index contributed by atoms with van der Waals surface area (Å²) in [5, 5.41) is 8.16. The standard InChI is InChI=1S/C66H44N4O/c1-69-58(44-18-4-2-5-19-44)41-56(68-66(69)47-37-31-43(32-38-47)50-26-16-30-60-62(50)54-25-12-15-29-59(54)71-60)52-40-39-42-17-8-9-22-49(42)61(52)45-33-35-46(36-34-45)64-65-63(51-23-10-13-27-55(51)67-64)53-24-11-14-28-57(53)70(65)48-20-6-3-7-21-48/h2-41,66H,1H3. The van der Waals surface area contributed by atoms with Gasteiger partial charge < -0.3 is 13.9 Å². The molecule has 0 bridgehead atoms. The second-order valence-electron chi connectivity index (χ2n) is 18.5. The van der Waals surface area contributed by atoms with Crippen LogP contribution in [-0.2, 0) is 0 Å². The molecule has 5 heteroatoms. The average Bonchev–Trinajstić information content (AvgIpc) is 4.00. The molecule has 4 heterocycles. The number of rotatable bonds is 7. The maximum absolute atomic E-state index is 6.27. The number of fused-ring (bicyclic) bond motifs is 9. The van der Waals surface area contributed by atoms with Crippen molar-refractivity contribution in [3.63, 3.8) is 0 Å². The highest BCUT2D eigenvalue weighted by atomic mass is 16.3. The zero-order valence-corrected chi connectivity index (χ0v) is 38.9. The summed E-state index contributed by atoms with van der Waals surface area (Å²) < 4.78 is 8.66. The largest absolute Gasteiger partial charge is 0.456 e. The summed E-state index contributed by atoms with van der Waals surface area (Å²) >= 11 is 0. The van der Waals surface area contributed by atoms with E-state index in [1.54, 1.807) is 0 Å². The van der Waals surface area contributed by atoms with Crippen molar-refractivity contribution >= 4 is 76.8 Å². The number of para-hydroxylation sites is 4. The maximum atomic E-state index is 6.27. The van der Waals surface area contributed by atoms with Crippen LogP contribution in [0.1, 0.15) is 22.9 Å². The van der Waals surface area contributed by atoms with Gasteiger partial charge >= 0.3 is 0 Å². The van der Waals surface area contributed by atoms with Crippen molar-refractivity contribution in [3.8, 4) is 39.2 Å². The molecular weight excluding hydrogens is 865 g/mol. The van der Waals surface area contributed by atoms with Gasteiger partial charge in [0.25, 0.3) is 0 Å². The van der Waals surface area contributed by atoms with E-state index in [2.05, 4.69) is 247 Å². The van der Waals surface area contributed by atoms with Crippen molar-refractivity contribution in [2.45, 2.75) is 6.17 Å². The van der Waals surface area contributed by atoms with Crippen LogP contribution in [0.5, 0.6) is 0 Å². The number of aromatic nitrogens is 2. The van der Waals surface area contributed by atoms with Gasteiger partial charge in [-0.05, 0) is 86.6 Å². The van der Waals surface area contributed by atoms with Gasteiger partial charge in [-0.3, -0.25) is 4.99 Å². The lowest BCUT2D eigenvalue weighted by molar-refractivity contribution is 0.364. The normalized spacial score (nSPS) is 14.0. The second kappa shape index (κ2) is 16.4. The molecule has 0 aliphatic carbocycles. The quantitative estimate of drug-likeness (QED) is 0.160. The lowest BCUT2D eigenvalue weighted by Crippen LogP contribution is -2.27. The Balaban J connectivity index is 0.923. The predicted octanol–water partition coefficient (Wildman–Crippen LogP) is 16.9. The number of pyridine rings is 1. The van der Waals surface area contributed by atoms with Crippen LogP contribution in [0.2, 0.25) is 0 Å². The van der Waals surface area contributed by atoms with Gasteiger partial charge in [0.2, 0.25) is 0 Å². The highest BCUT2D eigenvalue weighted by Gasteiger charge is 2.28. The minimum absolute atomic E-state index is 0.288. The van der Waals surface area contributed by atoms with Crippen molar-refractivity contribution in [1.82, 2.24) is 14.5 Å². The Labute approximate surface area is 410 Å². The molecule has 10 aromatic carbocycles. The van der Waals surface area contributed by atoms with Gasteiger partial charge in [0.1, 0.15) is 17.3 Å². The fourth-order valence-electron chi connectivity index (χ4n) is 11.1. The first-order chi connectivity index (χ1) is 35.1. The lowest BCUT2D eigenvalue weighted by atomic mass is 9.89. The van der Waals surface area contributed by atoms with Gasteiger partial charge in [-0.25, -0.2) is 4.98 Å². The van der Waals surface area contributed by atoms with E-state index in [9.17, 15) is 0 Å². The summed E-state index contributed by atoms with van der Waals surface area (Å²) in [6.45, 7) is 0. The van der Waals surface area contributed by atoms with Gasteiger partial charge in [0, 0.05) is 56.5 Å². The third-order valence-corrected chi connectivity index (χ3v) is 14.4. The summed E-state index contributed by atoms with van der Waals surface area (Å²) in [6.07, 6.45) is 1.98. The van der Waals surface area contributed by atoms with Crippen molar-refractivity contribution < 1.29 is 4.42 Å². The van der Waals surface area contributed by atoms with Crippen LogP contribution < -0.4 is 0 Å². The van der Waals surface area contributed by atoms with Crippen molar-refractivity contribution in [3.05, 3.63) is 259 Å². The smallest absolute Gasteiger partial charge is 0.147 e. The van der Waals surface area contributed by atoms with E-state index in [-0.39, 0.29) is 6.17 Å². The van der Waals surface area contributed by atoms with E-state index >= 15 is 0 Å². The monoisotopic (exact) mass is 908 g/mol. The molecule has 1 aliphatic rings. The summed E-state index contributed by atoms with van der Waals surface area (Å²) in [6, 6.07) is 84.4. The van der Waals surface area contributed by atoms with Crippen LogP contribution in [0, 0.1) is 0 Å². The van der Waals surface area contributed by atoms with Crippen LogP contribution in [0.15, 0.2) is 252 Å². The van der Waals surface area contributed by atoms with E-state index in [0.717, 1.165) is 111 Å². The van der Waals surface area contributed by atoms with E-state index in [0.29, 0.717) is 0 Å². The molecule has 0 fully saturated rings. The molecule has 13 aromatic rings. The maximum Gasteiger partial charge on any atom is 0.147 e. The number of hydrogen-bond donors (Lipinski definition) is 0. The Morgan fingerprint density at radius 3 is 1.92 bits per heavy atom. The first kappa shape index (κ1) is 40.7. The first-order valence-corrected chi connectivity index (χ1v) is 24.2. The molecule has 1 atom stereocenters. The van der Waals surface area contributed by atoms with E-state index in [1.165, 1.54) is 21.5 Å². The summed E-state index contributed by atoms with van der Waals surface area (Å²) in [4.78, 5) is 13.5. The minimum atomic E-state index is -0.288. The van der Waals surface area contributed by atoms with Crippen LogP contribution in [0.4, 0.5) is 0 Å². The minimum Gasteiger partial charge on any atom is -0.456 e. The molecule has 0 N–H and O–H groups in total. The highest BCUT2D eigenvalue weighted by molar-refractivity contribution is 6.24. The molecule has 334 valence electrons. The topological polar surface area (TPSA) is 46.6 Å². The van der Waals surface area contributed by atoms with Gasteiger partial charge in [-0.2, -0.15) is 0 Å². The van der Waals surface area contributed by atoms with Gasteiger partial charge in [-0.15, -0.1) is 0 Å². The third-order valence-electron chi connectivity index (χ3n) is 14.4. The number of nitrogens with zero attached hydrogens (tertiary/aromatic N) is 4. The molecule has 1 aliphatic heterocycles. The van der Waals surface area contributed by atoms with Crippen molar-refractivity contribution in [2.75, 3.05) is 7.05 Å². The average molecular weight is 909 g/mol. The fraction of sp³-hybridized carbons (Fsp3) is 0.0303. The fourth-order valence-corrected chi connectivity index (χ4v) is 11.1. The van der Waals surface area contributed by atoms with Gasteiger partial charge in [-0.1, -0.05) is 200 Å². The molecule has 71 heavy (non-hydrogen) atoms. The zero-order valence-electron chi connectivity index (χ0n) is 38.9. The Morgan fingerprint density at radius 1 is 0.451 bits per heavy atom. The van der Waals surface area contributed by atoms with Gasteiger partial charge in [0.05, 0.1) is 28.0 Å². The molecule has 0 amide bonds. The third kappa shape index (κ3) is 6.62. The Kier molecular flexibility index (Phi) is 9.43. The van der Waals surface area contributed by atoms with E-state index in [1.807, 2.05) is 12.1 Å². The number of furan rings is 1. The summed E-state index contributed by atoms with van der Waals surface area (Å²) in [5.74, 6) is 0. The molecule has 14 rings (SSSR count). The molecule has 3 aromatic heterocycles. The van der Waals surface area contributed by atoms with Crippen LogP contribution in [0.3, 0.4) is 0 Å². The molecule has 0 saturated heterocycles. The Hall–Kier alpha value is -9.32. The van der Waals surface area contributed by atoms with Crippen molar-refractivity contribution in [2.24, 2.45) is 4.99 Å². The second-order valence-corrected chi connectivity index (χ2v) is 18.5. The summed E-state index contributed by atoms with van der Waals surface area (Å²) in [7, 11) is 2.16. The highest BCUT2D eigenvalue weighted by Crippen LogP contribution is 2.44. The van der Waals surface area contributed by atoms with E-state index < -0.39 is 0 Å². The number of allylic oxidation sites excluding steroid dienone is 1. The molecular formula is C66H44N4O. The predicted molar refractivity (Wildman–Crippen MR) is 295 cm³/mol. The van der Waals surface area contributed by atoms with E-state index in [4.69, 9.17) is 14.4 Å². The zero-order chi connectivity index (χ0) is 47.0. The lowest BCUT2D eigenvalue weighted by Gasteiger charge is -2.34. The Bertz CT molecular complexity index is 4280. The van der Waals surface area contributed by atoms with Crippen molar-refractivity contribution in [1.29, 1.82) is 0 Å². The number of hydrogen-bond acceptors (Lipinski definition) is 4. The number of aliphatic imine (C=N–C) groups is 1. The van der Waals surface area contributed by atoms with Crippen LogP contribution >= 0.6 is 0 Å². The first-order valence-electron chi connectivity index (χ1n) is 24.2. The molecule has 0 saturated carbocycles. The molecule has 0 spiro atoms.